The van der Waals surface area contributed by atoms with E-state index in [2.05, 4.69) is 16.0 Å². The first-order valence-corrected chi connectivity index (χ1v) is 8.81. The number of benzene rings is 2. The molecule has 2 atom stereocenters. The number of halogens is 1. The van der Waals surface area contributed by atoms with Crippen LogP contribution in [0.3, 0.4) is 0 Å². The molecule has 1 saturated heterocycles. The molecule has 1 fully saturated rings. The van der Waals surface area contributed by atoms with Crippen LogP contribution in [-0.2, 0) is 4.79 Å². The molecule has 0 radical (unpaired) electrons. The van der Waals surface area contributed by atoms with E-state index in [0.29, 0.717) is 6.42 Å². The van der Waals surface area contributed by atoms with Gasteiger partial charge in [0.25, 0.3) is 0 Å². The third kappa shape index (κ3) is 4.89. The summed E-state index contributed by atoms with van der Waals surface area (Å²) < 4.78 is 0. The Morgan fingerprint density at radius 2 is 1.87 bits per heavy atom. The van der Waals surface area contributed by atoms with Crippen LogP contribution in [0.25, 0.3) is 0 Å². The zero-order chi connectivity index (χ0) is 16.1. The molecule has 0 spiro atoms. The van der Waals surface area contributed by atoms with Gasteiger partial charge >= 0.3 is 0 Å². The van der Waals surface area contributed by atoms with Crippen molar-refractivity contribution in [1.82, 2.24) is 10.6 Å². The number of hydrogen-bond donors (Lipinski definition) is 3. The SMILES string of the molecule is O=C1CC(CSc2ccc(Cl)cc2)NC(Nc2ccccc2)N1. The van der Waals surface area contributed by atoms with Crippen LogP contribution in [0.5, 0.6) is 0 Å². The Bertz CT molecular complexity index is 651. The minimum Gasteiger partial charge on any atom is -0.353 e. The molecule has 23 heavy (non-hydrogen) atoms. The summed E-state index contributed by atoms with van der Waals surface area (Å²) in [4.78, 5) is 13.1. The molecule has 2 aromatic carbocycles. The van der Waals surface area contributed by atoms with Gasteiger partial charge in [-0.1, -0.05) is 29.8 Å². The van der Waals surface area contributed by atoms with Crippen LogP contribution in [0.4, 0.5) is 5.69 Å². The first kappa shape index (κ1) is 16.2. The maximum Gasteiger partial charge on any atom is 0.224 e. The van der Waals surface area contributed by atoms with Gasteiger partial charge in [-0.2, -0.15) is 0 Å². The quantitative estimate of drug-likeness (QED) is 0.726. The normalized spacial score (nSPS) is 20.8. The van der Waals surface area contributed by atoms with Gasteiger partial charge in [-0.05, 0) is 36.4 Å². The average Bonchev–Trinajstić information content (AvgIpc) is 2.55. The number of thioether (sulfide) groups is 1. The monoisotopic (exact) mass is 347 g/mol. The Morgan fingerprint density at radius 1 is 1.13 bits per heavy atom. The van der Waals surface area contributed by atoms with Crippen molar-refractivity contribution in [3.8, 4) is 0 Å². The first-order chi connectivity index (χ1) is 11.2. The van der Waals surface area contributed by atoms with Crippen LogP contribution in [0.2, 0.25) is 5.02 Å². The summed E-state index contributed by atoms with van der Waals surface area (Å²) in [6.07, 6.45) is 0.225. The van der Waals surface area contributed by atoms with Crippen molar-refractivity contribution in [3.05, 3.63) is 59.6 Å². The van der Waals surface area contributed by atoms with Crippen LogP contribution >= 0.6 is 23.4 Å². The van der Waals surface area contributed by atoms with E-state index in [4.69, 9.17) is 11.6 Å². The zero-order valence-corrected chi connectivity index (χ0v) is 14.0. The van der Waals surface area contributed by atoms with Gasteiger partial charge in [-0.25, -0.2) is 0 Å². The van der Waals surface area contributed by atoms with Gasteiger partial charge in [0, 0.05) is 33.8 Å². The standard InChI is InChI=1S/C17H18ClN3OS/c18-12-6-8-15(9-7-12)23-11-14-10-16(22)21-17(20-14)19-13-4-2-1-3-5-13/h1-9,14,17,19-20H,10-11H2,(H,21,22). The smallest absolute Gasteiger partial charge is 0.224 e. The van der Waals surface area contributed by atoms with Gasteiger partial charge in [0.2, 0.25) is 5.91 Å². The lowest BCUT2D eigenvalue weighted by Gasteiger charge is -2.32. The Kier molecular flexibility index (Phi) is 5.43. The third-order valence-electron chi connectivity index (χ3n) is 3.49. The third-order valence-corrected chi connectivity index (χ3v) is 4.92. The van der Waals surface area contributed by atoms with E-state index in [1.54, 1.807) is 11.8 Å². The summed E-state index contributed by atoms with van der Waals surface area (Å²) in [6, 6.07) is 17.7. The van der Waals surface area contributed by atoms with E-state index in [1.807, 2.05) is 54.6 Å². The van der Waals surface area contributed by atoms with Crippen LogP contribution < -0.4 is 16.0 Å². The maximum atomic E-state index is 11.9. The molecule has 1 aliphatic heterocycles. The molecule has 0 saturated carbocycles. The second-order valence-corrected chi connectivity index (χ2v) is 6.87. The van der Waals surface area contributed by atoms with Crippen LogP contribution in [0.15, 0.2) is 59.5 Å². The number of amides is 1. The van der Waals surface area contributed by atoms with E-state index in [9.17, 15) is 4.79 Å². The van der Waals surface area contributed by atoms with Crippen molar-refractivity contribution in [1.29, 1.82) is 0 Å². The zero-order valence-electron chi connectivity index (χ0n) is 12.5. The molecule has 3 N–H and O–H groups in total. The minimum absolute atomic E-state index is 0.0545. The summed E-state index contributed by atoms with van der Waals surface area (Å²) in [7, 11) is 0. The lowest BCUT2D eigenvalue weighted by atomic mass is 10.2. The Morgan fingerprint density at radius 3 is 2.61 bits per heavy atom. The minimum atomic E-state index is -0.255. The number of anilines is 1. The lowest BCUT2D eigenvalue weighted by molar-refractivity contribution is -0.123. The number of para-hydroxylation sites is 1. The van der Waals surface area contributed by atoms with Gasteiger partial charge in [-0.15, -0.1) is 11.8 Å². The predicted octanol–water partition coefficient (Wildman–Crippen LogP) is 3.31. The van der Waals surface area contributed by atoms with Crippen molar-refractivity contribution in [3.63, 3.8) is 0 Å². The fraction of sp³-hybridized carbons (Fsp3) is 0.235. The van der Waals surface area contributed by atoms with Crippen LogP contribution in [-0.4, -0.2) is 24.0 Å². The van der Waals surface area contributed by atoms with E-state index in [1.165, 1.54) is 0 Å². The molecule has 2 unspecified atom stereocenters. The lowest BCUT2D eigenvalue weighted by Crippen LogP contribution is -2.60. The maximum absolute atomic E-state index is 11.9. The number of rotatable bonds is 5. The second kappa shape index (κ2) is 7.73. The van der Waals surface area contributed by atoms with Crippen molar-refractivity contribution in [2.45, 2.75) is 23.6 Å². The fourth-order valence-electron chi connectivity index (χ4n) is 2.39. The summed E-state index contributed by atoms with van der Waals surface area (Å²) in [5.74, 6) is 0.876. The Balaban J connectivity index is 1.55. The molecular weight excluding hydrogens is 330 g/mol. The first-order valence-electron chi connectivity index (χ1n) is 7.44. The highest BCUT2D eigenvalue weighted by Gasteiger charge is 2.25. The van der Waals surface area contributed by atoms with Crippen molar-refractivity contribution in [2.24, 2.45) is 0 Å². The van der Waals surface area contributed by atoms with E-state index in [-0.39, 0.29) is 18.2 Å². The summed E-state index contributed by atoms with van der Waals surface area (Å²) in [6.45, 7) is 0. The highest BCUT2D eigenvalue weighted by atomic mass is 35.5. The van der Waals surface area contributed by atoms with Crippen molar-refractivity contribution >= 4 is 35.0 Å². The van der Waals surface area contributed by atoms with Gasteiger partial charge in [0.05, 0.1) is 0 Å². The molecule has 1 aliphatic rings. The summed E-state index contributed by atoms with van der Waals surface area (Å²) in [5.41, 5.74) is 0.969. The summed E-state index contributed by atoms with van der Waals surface area (Å²) in [5, 5.41) is 10.3. The molecule has 0 aromatic heterocycles. The van der Waals surface area contributed by atoms with Gasteiger partial charge in [-0.3, -0.25) is 10.1 Å². The Labute approximate surface area is 145 Å². The molecule has 120 valence electrons. The molecule has 2 aromatic rings. The van der Waals surface area contributed by atoms with Gasteiger partial charge in [0.15, 0.2) is 6.29 Å². The number of carbonyl (C=O) groups is 1. The molecule has 3 rings (SSSR count). The molecule has 6 heteroatoms. The topological polar surface area (TPSA) is 53.2 Å². The Hall–Kier alpha value is -1.69. The highest BCUT2D eigenvalue weighted by Crippen LogP contribution is 2.22. The number of carbonyl (C=O) groups excluding carboxylic acids is 1. The van der Waals surface area contributed by atoms with E-state index >= 15 is 0 Å². The van der Waals surface area contributed by atoms with Crippen molar-refractivity contribution in [2.75, 3.05) is 11.1 Å². The van der Waals surface area contributed by atoms with Gasteiger partial charge < -0.3 is 10.6 Å². The van der Waals surface area contributed by atoms with Crippen molar-refractivity contribution < 1.29 is 4.79 Å². The van der Waals surface area contributed by atoms with Gasteiger partial charge in [0.1, 0.15) is 0 Å². The summed E-state index contributed by atoms with van der Waals surface area (Å²) >= 11 is 7.61. The van der Waals surface area contributed by atoms with Crippen LogP contribution in [0.1, 0.15) is 6.42 Å². The number of nitrogens with one attached hydrogen (secondary N) is 3. The highest BCUT2D eigenvalue weighted by molar-refractivity contribution is 7.99. The molecule has 1 heterocycles. The van der Waals surface area contributed by atoms with Crippen LogP contribution in [0, 0.1) is 0 Å². The predicted molar refractivity (Wildman–Crippen MR) is 95.7 cm³/mol. The molecule has 1 amide bonds. The number of hydrogen-bond acceptors (Lipinski definition) is 4. The average molecular weight is 348 g/mol. The van der Waals surface area contributed by atoms with E-state index in [0.717, 1.165) is 21.4 Å². The molecule has 0 aliphatic carbocycles. The molecule has 4 nitrogen and oxygen atoms in total. The van der Waals surface area contributed by atoms with E-state index < -0.39 is 0 Å². The molecule has 0 bridgehead atoms. The second-order valence-electron chi connectivity index (χ2n) is 5.34. The molecular formula is C17H18ClN3OS. The fourth-order valence-corrected chi connectivity index (χ4v) is 3.46. The largest absolute Gasteiger partial charge is 0.353 e.